The van der Waals surface area contributed by atoms with Crippen molar-refractivity contribution < 1.29 is 19.4 Å². The van der Waals surface area contributed by atoms with Crippen LogP contribution in [0.3, 0.4) is 0 Å². The monoisotopic (exact) mass is 558 g/mol. The Bertz CT molecular complexity index is 995. The van der Waals surface area contributed by atoms with Gasteiger partial charge in [-0.2, -0.15) is 0 Å². The smallest absolute Gasteiger partial charge is 0.333 e. The molecule has 0 amide bonds. The number of benzene rings is 3. The second kappa shape index (κ2) is 12.0. The predicted octanol–water partition coefficient (Wildman–Crippen LogP) is 6.75. The van der Waals surface area contributed by atoms with Crippen LogP contribution in [0.15, 0.2) is 87.8 Å². The van der Waals surface area contributed by atoms with Crippen LogP contribution in [0, 0.1) is 0 Å². The molecular weight excluding hydrogens is 536 g/mol. The fourth-order valence-electron chi connectivity index (χ4n) is 3.24. The molecule has 166 valence electrons. The Kier molecular flexibility index (Phi) is 9.09. The van der Waals surface area contributed by atoms with Crippen molar-refractivity contribution in [3.8, 4) is 5.75 Å². The molecule has 6 heteroatoms. The minimum atomic E-state index is -0.953. The van der Waals surface area contributed by atoms with Gasteiger partial charge < -0.3 is 14.6 Å². The van der Waals surface area contributed by atoms with E-state index in [-0.39, 0.29) is 0 Å². The van der Waals surface area contributed by atoms with Gasteiger partial charge in [-0.05, 0) is 71.7 Å². The SMILES string of the molecule is CCOC(Cc1ccc(OCC=C(c2ccc(Br)cc2)c2ccc(Br)cc2)cc1)C(=O)O. The van der Waals surface area contributed by atoms with Gasteiger partial charge in [-0.3, -0.25) is 0 Å². The van der Waals surface area contributed by atoms with Gasteiger partial charge in [-0.1, -0.05) is 68.3 Å². The molecule has 4 nitrogen and oxygen atoms in total. The van der Waals surface area contributed by atoms with Crippen LogP contribution in [0.4, 0.5) is 0 Å². The molecule has 1 unspecified atom stereocenters. The average Bonchev–Trinajstić information content (AvgIpc) is 2.79. The summed E-state index contributed by atoms with van der Waals surface area (Å²) in [6.45, 7) is 2.55. The molecule has 3 aromatic rings. The summed E-state index contributed by atoms with van der Waals surface area (Å²) in [5.41, 5.74) is 4.18. The molecule has 0 fully saturated rings. The molecule has 0 aromatic heterocycles. The molecule has 0 spiro atoms. The number of rotatable bonds is 10. The summed E-state index contributed by atoms with van der Waals surface area (Å²) in [4.78, 5) is 11.3. The zero-order chi connectivity index (χ0) is 22.9. The number of ether oxygens (including phenoxy) is 2. The summed E-state index contributed by atoms with van der Waals surface area (Å²) in [7, 11) is 0. The summed E-state index contributed by atoms with van der Waals surface area (Å²) in [5.74, 6) is -0.232. The topological polar surface area (TPSA) is 55.8 Å². The lowest BCUT2D eigenvalue weighted by atomic mass is 9.98. The molecule has 32 heavy (non-hydrogen) atoms. The molecule has 0 radical (unpaired) electrons. The highest BCUT2D eigenvalue weighted by molar-refractivity contribution is 9.10. The third-order valence-corrected chi connectivity index (χ3v) is 5.89. The maximum absolute atomic E-state index is 11.3. The van der Waals surface area contributed by atoms with Crippen molar-refractivity contribution in [2.75, 3.05) is 13.2 Å². The van der Waals surface area contributed by atoms with E-state index in [1.54, 1.807) is 6.92 Å². The molecule has 3 aromatic carbocycles. The number of carbonyl (C=O) groups is 1. The van der Waals surface area contributed by atoms with Gasteiger partial charge in [0.25, 0.3) is 0 Å². The number of hydrogen-bond acceptors (Lipinski definition) is 3. The van der Waals surface area contributed by atoms with Crippen LogP contribution in [0.2, 0.25) is 0 Å². The average molecular weight is 560 g/mol. The van der Waals surface area contributed by atoms with Crippen molar-refractivity contribution in [1.82, 2.24) is 0 Å². The van der Waals surface area contributed by atoms with Gasteiger partial charge in [0, 0.05) is 22.0 Å². The van der Waals surface area contributed by atoms with Crippen LogP contribution in [-0.4, -0.2) is 30.4 Å². The lowest BCUT2D eigenvalue weighted by Gasteiger charge is -2.13. The van der Waals surface area contributed by atoms with E-state index in [1.165, 1.54) is 0 Å². The van der Waals surface area contributed by atoms with Crippen molar-refractivity contribution in [1.29, 1.82) is 0 Å². The maximum Gasteiger partial charge on any atom is 0.333 e. The minimum Gasteiger partial charge on any atom is -0.490 e. The van der Waals surface area contributed by atoms with Gasteiger partial charge in [-0.15, -0.1) is 0 Å². The maximum atomic E-state index is 11.3. The quantitative estimate of drug-likeness (QED) is 0.298. The van der Waals surface area contributed by atoms with E-state index >= 15 is 0 Å². The Morgan fingerprint density at radius 1 is 0.906 bits per heavy atom. The number of aliphatic carboxylic acids is 1. The lowest BCUT2D eigenvalue weighted by molar-refractivity contribution is -0.149. The number of carboxylic acid groups (broad SMARTS) is 1. The fraction of sp³-hybridized carbons (Fsp3) is 0.192. The molecule has 0 saturated carbocycles. The van der Waals surface area contributed by atoms with Crippen molar-refractivity contribution in [2.24, 2.45) is 0 Å². The minimum absolute atomic E-state index is 0.320. The molecule has 3 rings (SSSR count). The van der Waals surface area contributed by atoms with E-state index in [2.05, 4.69) is 62.2 Å². The van der Waals surface area contributed by atoms with E-state index in [0.717, 1.165) is 37.0 Å². The van der Waals surface area contributed by atoms with Crippen LogP contribution in [-0.2, 0) is 16.0 Å². The van der Waals surface area contributed by atoms with Crippen LogP contribution >= 0.6 is 31.9 Å². The number of hydrogen-bond donors (Lipinski definition) is 1. The zero-order valence-corrected chi connectivity index (χ0v) is 20.8. The van der Waals surface area contributed by atoms with E-state index in [0.29, 0.717) is 19.6 Å². The fourth-order valence-corrected chi connectivity index (χ4v) is 3.77. The number of carboxylic acids is 1. The second-order valence-corrected chi connectivity index (χ2v) is 8.90. The largest absolute Gasteiger partial charge is 0.490 e. The third-order valence-electron chi connectivity index (χ3n) is 4.84. The Balaban J connectivity index is 1.71. The van der Waals surface area contributed by atoms with Crippen LogP contribution in [0.5, 0.6) is 5.75 Å². The van der Waals surface area contributed by atoms with Crippen molar-refractivity contribution >= 4 is 43.4 Å². The molecular formula is C26H24Br2O4. The van der Waals surface area contributed by atoms with Crippen LogP contribution < -0.4 is 4.74 Å². The second-order valence-electron chi connectivity index (χ2n) is 7.07. The Morgan fingerprint density at radius 2 is 1.44 bits per heavy atom. The van der Waals surface area contributed by atoms with Gasteiger partial charge in [0.2, 0.25) is 0 Å². The molecule has 0 heterocycles. The number of halogens is 2. The molecule has 0 aliphatic carbocycles. The summed E-state index contributed by atoms with van der Waals surface area (Å²) in [6, 6.07) is 23.8. The van der Waals surface area contributed by atoms with Gasteiger partial charge in [0.15, 0.2) is 6.10 Å². The first-order chi connectivity index (χ1) is 15.5. The first kappa shape index (κ1) is 24.2. The van der Waals surface area contributed by atoms with Crippen LogP contribution in [0.1, 0.15) is 23.6 Å². The van der Waals surface area contributed by atoms with E-state index in [9.17, 15) is 9.90 Å². The van der Waals surface area contributed by atoms with Gasteiger partial charge in [-0.25, -0.2) is 4.79 Å². The van der Waals surface area contributed by atoms with Crippen LogP contribution in [0.25, 0.3) is 5.57 Å². The summed E-state index contributed by atoms with van der Waals surface area (Å²) >= 11 is 6.98. The highest BCUT2D eigenvalue weighted by Gasteiger charge is 2.17. The van der Waals surface area contributed by atoms with Crippen molar-refractivity contribution in [2.45, 2.75) is 19.4 Å². The lowest BCUT2D eigenvalue weighted by Crippen LogP contribution is -2.26. The summed E-state index contributed by atoms with van der Waals surface area (Å²) < 4.78 is 13.3. The molecule has 1 atom stereocenters. The van der Waals surface area contributed by atoms with E-state index in [1.807, 2.05) is 48.5 Å². The zero-order valence-electron chi connectivity index (χ0n) is 17.6. The van der Waals surface area contributed by atoms with Crippen molar-refractivity contribution in [3.63, 3.8) is 0 Å². The standard InChI is InChI=1S/C26H24Br2O4/c1-2-31-25(26(29)30)17-18-3-13-23(14-4-18)32-16-15-24(19-5-9-21(27)10-6-19)20-7-11-22(28)12-8-20/h3-15,25H,2,16-17H2,1H3,(H,29,30). The molecule has 1 N–H and O–H groups in total. The van der Waals surface area contributed by atoms with Gasteiger partial charge in [0.05, 0.1) is 0 Å². The highest BCUT2D eigenvalue weighted by atomic mass is 79.9. The highest BCUT2D eigenvalue weighted by Crippen LogP contribution is 2.26. The van der Waals surface area contributed by atoms with E-state index in [4.69, 9.17) is 9.47 Å². The Labute approximate surface area is 205 Å². The van der Waals surface area contributed by atoms with Gasteiger partial charge >= 0.3 is 5.97 Å². The molecule has 0 bridgehead atoms. The first-order valence-corrected chi connectivity index (χ1v) is 11.8. The summed E-state index contributed by atoms with van der Waals surface area (Å²) in [5, 5.41) is 9.25. The molecule has 0 aliphatic rings. The Morgan fingerprint density at radius 3 is 1.91 bits per heavy atom. The third kappa shape index (κ3) is 7.05. The van der Waals surface area contributed by atoms with Crippen molar-refractivity contribution in [3.05, 3.63) is 105 Å². The predicted molar refractivity (Wildman–Crippen MR) is 134 cm³/mol. The van der Waals surface area contributed by atoms with E-state index < -0.39 is 12.1 Å². The Hall–Kier alpha value is -2.41. The molecule has 0 aliphatic heterocycles. The van der Waals surface area contributed by atoms with Gasteiger partial charge in [0.1, 0.15) is 12.4 Å². The summed E-state index contributed by atoms with van der Waals surface area (Å²) in [6.07, 6.45) is 1.55. The normalized spacial score (nSPS) is 11.6. The molecule has 0 saturated heterocycles. The first-order valence-electron chi connectivity index (χ1n) is 10.2.